The summed E-state index contributed by atoms with van der Waals surface area (Å²) in [6.07, 6.45) is 3.31. The predicted molar refractivity (Wildman–Crippen MR) is 96.9 cm³/mol. The van der Waals surface area contributed by atoms with Crippen molar-refractivity contribution in [2.45, 2.75) is 42.9 Å². The fourth-order valence-electron chi connectivity index (χ4n) is 2.97. The molecule has 4 heterocycles. The van der Waals surface area contributed by atoms with Crippen LogP contribution in [0.1, 0.15) is 27.2 Å². The molecule has 0 saturated carbocycles. The summed E-state index contributed by atoms with van der Waals surface area (Å²) in [7, 11) is 0. The van der Waals surface area contributed by atoms with Gasteiger partial charge in [0, 0.05) is 13.1 Å². The lowest BCUT2D eigenvalue weighted by Crippen LogP contribution is -2.47. The van der Waals surface area contributed by atoms with E-state index >= 15 is 0 Å². The van der Waals surface area contributed by atoms with Gasteiger partial charge in [0.25, 0.3) is 0 Å². The molecule has 0 aliphatic carbocycles. The summed E-state index contributed by atoms with van der Waals surface area (Å²) in [6, 6.07) is 0. The number of rotatable bonds is 2. The number of aromatic hydroxyl groups is 1. The van der Waals surface area contributed by atoms with Crippen LogP contribution < -0.4 is 5.32 Å². The van der Waals surface area contributed by atoms with Gasteiger partial charge in [0.05, 0.1) is 11.4 Å². The highest BCUT2D eigenvalue weighted by molar-refractivity contribution is 8.08. The summed E-state index contributed by atoms with van der Waals surface area (Å²) in [6.45, 7) is 6.82. The molecule has 10 heteroatoms. The molecule has 2 saturated heterocycles. The van der Waals surface area contributed by atoms with Crippen LogP contribution in [-0.4, -0.2) is 64.8 Å². The number of piperidine rings is 1. The van der Waals surface area contributed by atoms with Crippen molar-refractivity contribution in [3.05, 3.63) is 12.5 Å². The van der Waals surface area contributed by atoms with Crippen LogP contribution in [0.25, 0.3) is 11.0 Å². The summed E-state index contributed by atoms with van der Waals surface area (Å²) in [5.41, 5.74) is 0.305. The normalized spacial score (nSPS) is 24.9. The van der Waals surface area contributed by atoms with Crippen molar-refractivity contribution < 1.29 is 14.6 Å². The quantitative estimate of drug-likeness (QED) is 0.760. The Morgan fingerprint density at radius 2 is 2.23 bits per heavy atom. The molecule has 26 heavy (non-hydrogen) atoms. The minimum absolute atomic E-state index is 0.169. The zero-order chi connectivity index (χ0) is 18.5. The first-order chi connectivity index (χ1) is 12.3. The van der Waals surface area contributed by atoms with Crippen molar-refractivity contribution >= 4 is 34.8 Å². The van der Waals surface area contributed by atoms with Crippen molar-refractivity contribution in [2.75, 3.05) is 18.4 Å². The maximum absolute atomic E-state index is 12.2. The summed E-state index contributed by atoms with van der Waals surface area (Å²) < 4.78 is 5.45. The second kappa shape index (κ2) is 5.83. The van der Waals surface area contributed by atoms with Crippen LogP contribution in [0.3, 0.4) is 0 Å². The first kappa shape index (κ1) is 17.1. The molecule has 2 aromatic heterocycles. The number of anilines is 1. The smallest absolute Gasteiger partial charge is 0.410 e. The van der Waals surface area contributed by atoms with Crippen molar-refractivity contribution in [1.82, 2.24) is 24.8 Å². The van der Waals surface area contributed by atoms with E-state index in [0.717, 1.165) is 6.42 Å². The number of aromatic nitrogens is 4. The number of amides is 1. The van der Waals surface area contributed by atoms with Gasteiger partial charge in [-0.3, -0.25) is 0 Å². The molecule has 4 rings (SSSR count). The Labute approximate surface area is 154 Å². The molecule has 2 atom stereocenters. The lowest BCUT2D eigenvalue weighted by atomic mass is 10.1. The van der Waals surface area contributed by atoms with Crippen LogP contribution in [0.4, 0.5) is 10.7 Å². The number of nitrogens with one attached hydrogen (secondary N) is 1. The van der Waals surface area contributed by atoms with Gasteiger partial charge in [-0.25, -0.2) is 24.7 Å². The maximum atomic E-state index is 12.2. The van der Waals surface area contributed by atoms with E-state index in [1.165, 1.54) is 6.33 Å². The van der Waals surface area contributed by atoms with Gasteiger partial charge in [0.1, 0.15) is 22.3 Å². The van der Waals surface area contributed by atoms with E-state index in [-0.39, 0.29) is 22.1 Å². The van der Waals surface area contributed by atoms with Gasteiger partial charge in [0.2, 0.25) is 11.8 Å². The zero-order valence-corrected chi connectivity index (χ0v) is 15.6. The first-order valence-corrected chi connectivity index (χ1v) is 9.24. The Hall–Kier alpha value is -2.36. The Morgan fingerprint density at radius 3 is 2.96 bits per heavy atom. The molecule has 2 aliphatic heterocycles. The minimum atomic E-state index is -0.496. The highest BCUT2D eigenvalue weighted by Gasteiger charge is 2.59. The number of hydrogen-bond donors (Lipinski definition) is 2. The van der Waals surface area contributed by atoms with Crippen LogP contribution in [0, 0.1) is 0 Å². The van der Waals surface area contributed by atoms with Crippen LogP contribution in [0.5, 0.6) is 5.88 Å². The second-order valence-corrected chi connectivity index (χ2v) is 8.96. The number of ether oxygens (including phenoxy) is 1. The number of hydrogen-bond acceptors (Lipinski definition) is 9. The number of carbonyl (C=O) groups is 1. The molecule has 2 fully saturated rings. The fraction of sp³-hybridized carbons (Fsp3) is 0.562. The number of carbonyl (C=O) groups excluding carboxylic acids is 1. The average Bonchev–Trinajstić information content (AvgIpc) is 3.27. The Bertz CT molecular complexity index is 873. The lowest BCUT2D eigenvalue weighted by molar-refractivity contribution is 0.0222. The fourth-order valence-corrected chi connectivity index (χ4v) is 4.28. The Kier molecular flexibility index (Phi) is 3.83. The molecule has 9 nitrogen and oxygen atoms in total. The largest absolute Gasteiger partial charge is 0.492 e. The van der Waals surface area contributed by atoms with Crippen molar-refractivity contribution in [3.8, 4) is 5.88 Å². The van der Waals surface area contributed by atoms with Gasteiger partial charge in [-0.1, -0.05) is 0 Å². The van der Waals surface area contributed by atoms with Crippen molar-refractivity contribution in [1.29, 1.82) is 0 Å². The van der Waals surface area contributed by atoms with Gasteiger partial charge in [-0.15, -0.1) is 11.8 Å². The molecular formula is C16H20N6O3S. The average molecular weight is 376 g/mol. The predicted octanol–water partition coefficient (Wildman–Crippen LogP) is 1.99. The molecule has 0 aromatic carbocycles. The molecule has 1 amide bonds. The van der Waals surface area contributed by atoms with Gasteiger partial charge >= 0.3 is 6.09 Å². The summed E-state index contributed by atoms with van der Waals surface area (Å²) >= 11 is 1.76. The molecule has 0 radical (unpaired) electrons. The van der Waals surface area contributed by atoms with Crippen LogP contribution >= 0.6 is 11.8 Å². The van der Waals surface area contributed by atoms with Gasteiger partial charge < -0.3 is 20.1 Å². The molecular weight excluding hydrogens is 356 g/mol. The van der Waals surface area contributed by atoms with Crippen LogP contribution in [-0.2, 0) is 4.74 Å². The summed E-state index contributed by atoms with van der Waals surface area (Å²) in [5.74, 6) is 0.251. The van der Waals surface area contributed by atoms with E-state index in [9.17, 15) is 9.90 Å². The van der Waals surface area contributed by atoms with Crippen molar-refractivity contribution in [3.63, 3.8) is 0 Å². The first-order valence-electron chi connectivity index (χ1n) is 8.36. The summed E-state index contributed by atoms with van der Waals surface area (Å²) in [4.78, 5) is 30.2. The minimum Gasteiger partial charge on any atom is -0.492 e. The lowest BCUT2D eigenvalue weighted by Gasteiger charge is -2.32. The zero-order valence-electron chi connectivity index (χ0n) is 14.8. The van der Waals surface area contributed by atoms with E-state index in [2.05, 4.69) is 25.3 Å². The molecule has 2 N–H and O–H groups in total. The SMILES string of the molecule is CC(C)(C)OC(=O)N1CC[C@@]2(Nc3ncc4ncnc(O)c4n3)SC2C1. The number of fused-ring (bicyclic) bond motifs is 2. The van der Waals surface area contributed by atoms with E-state index in [4.69, 9.17) is 4.74 Å². The third-order valence-corrected chi connectivity index (χ3v) is 5.88. The Balaban J connectivity index is 1.44. The highest BCUT2D eigenvalue weighted by Crippen LogP contribution is 2.58. The highest BCUT2D eigenvalue weighted by atomic mass is 32.2. The molecule has 0 bridgehead atoms. The van der Waals surface area contributed by atoms with Crippen LogP contribution in [0.2, 0.25) is 0 Å². The monoisotopic (exact) mass is 376 g/mol. The van der Waals surface area contributed by atoms with E-state index in [0.29, 0.717) is 30.1 Å². The Morgan fingerprint density at radius 1 is 1.42 bits per heavy atom. The molecule has 1 unspecified atom stereocenters. The molecule has 2 aromatic rings. The molecule has 0 spiro atoms. The summed E-state index contributed by atoms with van der Waals surface area (Å²) in [5, 5.41) is 13.4. The van der Waals surface area contributed by atoms with Crippen molar-refractivity contribution in [2.24, 2.45) is 0 Å². The van der Waals surface area contributed by atoms with E-state index < -0.39 is 5.60 Å². The maximum Gasteiger partial charge on any atom is 0.410 e. The van der Waals surface area contributed by atoms with E-state index in [1.807, 2.05) is 20.8 Å². The third kappa shape index (κ3) is 3.20. The molecule has 2 aliphatic rings. The molecule has 138 valence electrons. The van der Waals surface area contributed by atoms with Gasteiger partial charge in [-0.2, -0.15) is 0 Å². The van der Waals surface area contributed by atoms with Gasteiger partial charge in [-0.05, 0) is 27.2 Å². The van der Waals surface area contributed by atoms with E-state index in [1.54, 1.807) is 22.9 Å². The number of likely N-dealkylation sites (tertiary alicyclic amines) is 1. The topological polar surface area (TPSA) is 113 Å². The second-order valence-electron chi connectivity index (χ2n) is 7.42. The van der Waals surface area contributed by atoms with Crippen LogP contribution in [0.15, 0.2) is 12.5 Å². The standard InChI is InChI=1S/C16H20N6O3S/c1-15(2,3)25-14(24)22-5-4-16(10(7-22)26-16)21-13-17-6-9-11(20-13)12(23)19-8-18-9/h6,8,10H,4-5,7H2,1-3H3,(H,17,20,21)(H,18,19,23)/t10?,16-/m1/s1. The third-order valence-electron chi connectivity index (χ3n) is 4.29. The number of nitrogens with zero attached hydrogens (tertiary/aromatic N) is 5. The van der Waals surface area contributed by atoms with Gasteiger partial charge in [0.15, 0.2) is 5.52 Å². The number of thioether (sulfide) groups is 1.